The maximum atomic E-state index is 12.6. The van der Waals surface area contributed by atoms with Crippen LogP contribution in [0.4, 0.5) is 0 Å². The Balaban J connectivity index is 1.77. The maximum Gasteiger partial charge on any atom is 0.190 e. The summed E-state index contributed by atoms with van der Waals surface area (Å²) >= 11 is 0. The van der Waals surface area contributed by atoms with E-state index in [1.807, 2.05) is 0 Å². The number of benzene rings is 3. The first-order chi connectivity index (χ1) is 18.4. The number of aliphatic hydroxyl groups excluding tert-OH is 2. The standard InChI is InChI=1S/C27H29NO11/c1-10-22(32)14(28)5-17(38-10)39-15-7-27(37,16(31)9-30)6-13-19(15)26(36)21-20(24(13)34)23(33)12-4-2-3-11(8-29)18(12)25(21)35/h2-4,8,10,14-15,17,22,30,32-37H,5-7,9,28H2,1H3/t10-,14?,15-,17+,22?,27-/m0/s1. The summed E-state index contributed by atoms with van der Waals surface area (Å²) < 4.78 is 11.7. The van der Waals surface area contributed by atoms with E-state index in [2.05, 4.69) is 0 Å². The number of hydrogen-bond donors (Lipinski definition) is 8. The van der Waals surface area contributed by atoms with Gasteiger partial charge in [-0.2, -0.15) is 0 Å². The molecule has 1 aliphatic heterocycles. The zero-order valence-electron chi connectivity index (χ0n) is 20.9. The molecule has 208 valence electrons. The van der Waals surface area contributed by atoms with Crippen molar-refractivity contribution in [3.8, 4) is 23.0 Å². The van der Waals surface area contributed by atoms with Gasteiger partial charge >= 0.3 is 0 Å². The second-order valence-corrected chi connectivity index (χ2v) is 10.2. The van der Waals surface area contributed by atoms with Crippen molar-refractivity contribution < 1.29 is 54.8 Å². The van der Waals surface area contributed by atoms with Gasteiger partial charge < -0.3 is 51.0 Å². The molecule has 0 bridgehead atoms. The number of nitrogens with two attached hydrogens (primary N) is 1. The summed E-state index contributed by atoms with van der Waals surface area (Å²) in [5.41, 5.74) is 3.54. The number of ketones is 1. The number of aromatic hydroxyl groups is 4. The molecule has 1 fully saturated rings. The Labute approximate surface area is 221 Å². The van der Waals surface area contributed by atoms with E-state index in [4.69, 9.17) is 15.2 Å². The van der Waals surface area contributed by atoms with Crippen molar-refractivity contribution in [2.75, 3.05) is 6.61 Å². The molecule has 9 N–H and O–H groups in total. The predicted octanol–water partition coefficient (Wildman–Crippen LogP) is 0.747. The Bertz CT molecular complexity index is 1490. The average Bonchev–Trinajstić information content (AvgIpc) is 2.90. The summed E-state index contributed by atoms with van der Waals surface area (Å²) in [6, 6.07) is 3.54. The fourth-order valence-electron chi connectivity index (χ4n) is 5.77. The van der Waals surface area contributed by atoms with E-state index in [9.17, 15) is 45.3 Å². The molecular weight excluding hydrogens is 514 g/mol. The van der Waals surface area contributed by atoms with Crippen LogP contribution in [0.2, 0.25) is 0 Å². The normalized spacial score (nSPS) is 28.9. The molecule has 2 aliphatic rings. The van der Waals surface area contributed by atoms with Crippen molar-refractivity contribution >= 4 is 33.6 Å². The van der Waals surface area contributed by atoms with Crippen LogP contribution in [-0.2, 0) is 20.7 Å². The third-order valence-corrected chi connectivity index (χ3v) is 7.82. The fraction of sp³-hybridized carbons (Fsp3) is 0.407. The second-order valence-electron chi connectivity index (χ2n) is 10.2. The van der Waals surface area contributed by atoms with Crippen LogP contribution in [0.1, 0.15) is 47.4 Å². The molecule has 39 heavy (non-hydrogen) atoms. The van der Waals surface area contributed by atoms with Crippen LogP contribution >= 0.6 is 0 Å². The highest BCUT2D eigenvalue weighted by Crippen LogP contribution is 2.56. The average molecular weight is 544 g/mol. The molecule has 2 unspecified atom stereocenters. The minimum atomic E-state index is -2.23. The number of carbonyl (C=O) groups is 2. The van der Waals surface area contributed by atoms with E-state index in [0.717, 1.165) is 0 Å². The number of hydrogen-bond acceptors (Lipinski definition) is 12. The number of Topliss-reactive ketones (excluding diaryl/α,β-unsaturated/α-hetero) is 1. The Morgan fingerprint density at radius 3 is 2.46 bits per heavy atom. The molecule has 3 aromatic carbocycles. The first kappa shape index (κ1) is 27.1. The lowest BCUT2D eigenvalue weighted by atomic mass is 9.74. The molecule has 6 atom stereocenters. The topological polar surface area (TPSA) is 220 Å². The highest BCUT2D eigenvalue weighted by atomic mass is 16.7. The van der Waals surface area contributed by atoms with E-state index in [1.54, 1.807) is 6.92 Å². The van der Waals surface area contributed by atoms with Gasteiger partial charge in [-0.25, -0.2) is 0 Å². The molecule has 0 saturated carbocycles. The SMILES string of the molecule is C[C@@H]1O[C@H](O[C@H]2C[C@](O)(C(=O)CO)Cc3c2c(O)c2c(O)c4c(C=O)cccc4c(O)c2c3O)CC(N)C1O. The minimum absolute atomic E-state index is 0.0155. The zero-order valence-corrected chi connectivity index (χ0v) is 20.9. The van der Waals surface area contributed by atoms with Crippen molar-refractivity contribution in [1.82, 2.24) is 0 Å². The van der Waals surface area contributed by atoms with Gasteiger partial charge in [-0.05, 0) is 6.92 Å². The van der Waals surface area contributed by atoms with Gasteiger partial charge in [0.15, 0.2) is 18.4 Å². The largest absolute Gasteiger partial charge is 0.507 e. The maximum absolute atomic E-state index is 12.6. The molecule has 1 aliphatic carbocycles. The van der Waals surface area contributed by atoms with Gasteiger partial charge in [-0.15, -0.1) is 0 Å². The smallest absolute Gasteiger partial charge is 0.190 e. The van der Waals surface area contributed by atoms with E-state index in [1.165, 1.54) is 18.2 Å². The molecule has 0 radical (unpaired) electrons. The number of aliphatic hydroxyl groups is 3. The molecule has 5 rings (SSSR count). The molecule has 0 amide bonds. The van der Waals surface area contributed by atoms with Gasteiger partial charge in [0.1, 0.15) is 35.2 Å². The second kappa shape index (κ2) is 9.59. The predicted molar refractivity (Wildman–Crippen MR) is 136 cm³/mol. The van der Waals surface area contributed by atoms with Crippen LogP contribution in [-0.4, -0.2) is 84.6 Å². The number of fused-ring (bicyclic) bond motifs is 3. The molecule has 1 saturated heterocycles. The third kappa shape index (κ3) is 4.07. The van der Waals surface area contributed by atoms with Crippen LogP contribution < -0.4 is 5.73 Å². The lowest BCUT2D eigenvalue weighted by Gasteiger charge is -2.41. The van der Waals surface area contributed by atoms with Gasteiger partial charge in [-0.3, -0.25) is 9.59 Å². The van der Waals surface area contributed by atoms with Gasteiger partial charge in [-0.1, -0.05) is 18.2 Å². The molecule has 1 heterocycles. The number of ether oxygens (including phenoxy) is 2. The summed E-state index contributed by atoms with van der Waals surface area (Å²) in [4.78, 5) is 24.3. The van der Waals surface area contributed by atoms with E-state index in [0.29, 0.717) is 6.29 Å². The number of aldehydes is 1. The lowest BCUT2D eigenvalue weighted by molar-refractivity contribution is -0.247. The summed E-state index contributed by atoms with van der Waals surface area (Å²) in [7, 11) is 0. The highest BCUT2D eigenvalue weighted by molar-refractivity contribution is 6.18. The van der Waals surface area contributed by atoms with Crippen LogP contribution in [0.5, 0.6) is 23.0 Å². The zero-order chi connectivity index (χ0) is 28.4. The van der Waals surface area contributed by atoms with E-state index in [-0.39, 0.29) is 44.7 Å². The van der Waals surface area contributed by atoms with Crippen LogP contribution in [0.15, 0.2) is 18.2 Å². The summed E-state index contributed by atoms with van der Waals surface area (Å²) in [5, 5.41) is 75.3. The molecular formula is C27H29NO11. The molecule has 12 heteroatoms. The van der Waals surface area contributed by atoms with Gasteiger partial charge in [0.2, 0.25) is 0 Å². The van der Waals surface area contributed by atoms with Crippen molar-refractivity contribution in [2.24, 2.45) is 5.73 Å². The van der Waals surface area contributed by atoms with Crippen LogP contribution in [0, 0.1) is 0 Å². The van der Waals surface area contributed by atoms with Crippen LogP contribution in [0.3, 0.4) is 0 Å². The van der Waals surface area contributed by atoms with Gasteiger partial charge in [0.25, 0.3) is 0 Å². The Kier molecular flexibility index (Phi) is 6.66. The van der Waals surface area contributed by atoms with Crippen molar-refractivity contribution in [3.05, 3.63) is 34.9 Å². The first-order valence-electron chi connectivity index (χ1n) is 12.4. The third-order valence-electron chi connectivity index (χ3n) is 7.82. The molecule has 0 spiro atoms. The van der Waals surface area contributed by atoms with E-state index < -0.39 is 84.5 Å². The summed E-state index contributed by atoms with van der Waals surface area (Å²) in [6.07, 6.45) is -4.63. The van der Waals surface area contributed by atoms with Gasteiger partial charge in [0, 0.05) is 52.8 Å². The number of rotatable bonds is 5. The number of phenolic OH excluding ortho intramolecular Hbond substituents is 4. The summed E-state index contributed by atoms with van der Waals surface area (Å²) in [6.45, 7) is 0.561. The lowest BCUT2D eigenvalue weighted by Crippen LogP contribution is -2.52. The Hall–Kier alpha value is -3.52. The molecule has 3 aromatic rings. The summed E-state index contributed by atoms with van der Waals surface area (Å²) in [5.74, 6) is -3.38. The van der Waals surface area contributed by atoms with E-state index >= 15 is 0 Å². The molecule has 12 nitrogen and oxygen atoms in total. The quantitative estimate of drug-likeness (QED) is 0.127. The van der Waals surface area contributed by atoms with Crippen molar-refractivity contribution in [2.45, 2.75) is 62.4 Å². The van der Waals surface area contributed by atoms with Gasteiger partial charge in [0.05, 0.1) is 29.1 Å². The van der Waals surface area contributed by atoms with Crippen molar-refractivity contribution in [3.63, 3.8) is 0 Å². The fourth-order valence-corrected chi connectivity index (χ4v) is 5.77. The minimum Gasteiger partial charge on any atom is -0.507 e. The van der Waals surface area contributed by atoms with Crippen molar-refractivity contribution in [1.29, 1.82) is 0 Å². The Morgan fingerprint density at radius 1 is 1.13 bits per heavy atom. The number of carbonyl (C=O) groups excluding carboxylic acids is 2. The van der Waals surface area contributed by atoms with Crippen LogP contribution in [0.25, 0.3) is 21.5 Å². The first-order valence-corrected chi connectivity index (χ1v) is 12.4. The number of phenols is 4. The monoisotopic (exact) mass is 543 g/mol. The molecule has 0 aromatic heterocycles. The Morgan fingerprint density at radius 2 is 1.82 bits per heavy atom. The highest BCUT2D eigenvalue weighted by Gasteiger charge is 2.48.